The lowest BCUT2D eigenvalue weighted by Gasteiger charge is -2.19. The van der Waals surface area contributed by atoms with Gasteiger partial charge in [-0.25, -0.2) is 4.99 Å². The molecule has 2 aliphatic rings. The van der Waals surface area contributed by atoms with E-state index in [-0.39, 0.29) is 5.54 Å². The van der Waals surface area contributed by atoms with Gasteiger partial charge in [-0.05, 0) is 49.3 Å². The van der Waals surface area contributed by atoms with Crippen molar-refractivity contribution in [1.82, 2.24) is 0 Å². The zero-order valence-electron chi connectivity index (χ0n) is 13.4. The molecule has 0 N–H and O–H groups in total. The molecule has 2 aromatic carbocycles. The first-order valence-corrected chi connectivity index (χ1v) is 7.88. The molecule has 0 spiro atoms. The van der Waals surface area contributed by atoms with Crippen molar-refractivity contribution in [2.45, 2.75) is 19.4 Å². The molecule has 0 amide bonds. The van der Waals surface area contributed by atoms with E-state index in [9.17, 15) is 0 Å². The number of aliphatic imine (C=N–C) groups is 1. The topological polar surface area (TPSA) is 30.8 Å². The van der Waals surface area contributed by atoms with Crippen LogP contribution < -0.4 is 4.74 Å². The second-order valence-corrected chi connectivity index (χ2v) is 6.52. The molecule has 4 rings (SSSR count). The predicted octanol–water partition coefficient (Wildman–Crippen LogP) is 4.07. The Labute approximate surface area is 136 Å². The zero-order chi connectivity index (χ0) is 15.9. The molecule has 2 heterocycles. The Bertz CT molecular complexity index is 818. The average molecular weight is 305 g/mol. The van der Waals surface area contributed by atoms with Crippen molar-refractivity contribution >= 4 is 11.5 Å². The van der Waals surface area contributed by atoms with E-state index < -0.39 is 0 Å². The van der Waals surface area contributed by atoms with E-state index in [2.05, 4.69) is 55.2 Å². The van der Waals surface area contributed by atoms with E-state index in [1.807, 2.05) is 18.2 Å². The van der Waals surface area contributed by atoms with Crippen molar-refractivity contribution in [2.24, 2.45) is 4.99 Å². The van der Waals surface area contributed by atoms with Gasteiger partial charge in [0.15, 0.2) is 0 Å². The van der Waals surface area contributed by atoms with Crippen molar-refractivity contribution < 1.29 is 9.47 Å². The summed E-state index contributed by atoms with van der Waals surface area (Å²) < 4.78 is 11.5. The third-order valence-electron chi connectivity index (χ3n) is 4.09. The molecule has 116 valence electrons. The Balaban J connectivity index is 1.74. The number of hydrogen-bond donors (Lipinski definition) is 0. The number of fused-ring (bicyclic) bond motifs is 1. The second-order valence-electron chi connectivity index (χ2n) is 6.52. The van der Waals surface area contributed by atoms with Crippen molar-refractivity contribution in [1.29, 1.82) is 0 Å². The van der Waals surface area contributed by atoms with Crippen LogP contribution in [0.25, 0.3) is 5.57 Å². The SMILES string of the molecule is CC1(C)COC(c2cccc(C3=CCOc4ccccc43)c2)=N1. The summed E-state index contributed by atoms with van der Waals surface area (Å²) in [6.07, 6.45) is 2.13. The summed E-state index contributed by atoms with van der Waals surface area (Å²) in [4.78, 5) is 4.67. The van der Waals surface area contributed by atoms with Gasteiger partial charge in [-0.15, -0.1) is 0 Å². The van der Waals surface area contributed by atoms with Crippen LogP contribution in [0.1, 0.15) is 30.5 Å². The number of ether oxygens (including phenoxy) is 2. The number of nitrogens with zero attached hydrogens (tertiary/aromatic N) is 1. The van der Waals surface area contributed by atoms with Crippen LogP contribution in [-0.4, -0.2) is 24.7 Å². The first-order valence-electron chi connectivity index (χ1n) is 7.88. The maximum Gasteiger partial charge on any atom is 0.216 e. The van der Waals surface area contributed by atoms with Gasteiger partial charge in [0.25, 0.3) is 0 Å². The molecule has 0 unspecified atom stereocenters. The molecule has 23 heavy (non-hydrogen) atoms. The van der Waals surface area contributed by atoms with Crippen LogP contribution in [0.15, 0.2) is 59.6 Å². The summed E-state index contributed by atoms with van der Waals surface area (Å²) in [6.45, 7) is 5.40. The molecule has 0 aromatic heterocycles. The van der Waals surface area contributed by atoms with Gasteiger partial charge in [0.05, 0.1) is 5.54 Å². The molecule has 0 saturated carbocycles. The van der Waals surface area contributed by atoms with Crippen molar-refractivity contribution in [2.75, 3.05) is 13.2 Å². The lowest BCUT2D eigenvalue weighted by atomic mass is 9.94. The van der Waals surface area contributed by atoms with Crippen LogP contribution in [0.3, 0.4) is 0 Å². The van der Waals surface area contributed by atoms with Crippen LogP contribution in [0.2, 0.25) is 0 Å². The van der Waals surface area contributed by atoms with Crippen LogP contribution in [-0.2, 0) is 4.74 Å². The number of benzene rings is 2. The van der Waals surface area contributed by atoms with Crippen LogP contribution in [0.4, 0.5) is 0 Å². The molecule has 0 saturated heterocycles. The van der Waals surface area contributed by atoms with E-state index in [0.29, 0.717) is 13.2 Å². The molecule has 3 nitrogen and oxygen atoms in total. The fourth-order valence-corrected chi connectivity index (χ4v) is 2.97. The lowest BCUT2D eigenvalue weighted by molar-refractivity contribution is 0.279. The van der Waals surface area contributed by atoms with Gasteiger partial charge >= 0.3 is 0 Å². The smallest absolute Gasteiger partial charge is 0.216 e. The first kappa shape index (κ1) is 14.1. The molecule has 3 heteroatoms. The van der Waals surface area contributed by atoms with E-state index in [1.54, 1.807) is 0 Å². The molecule has 2 aliphatic heterocycles. The lowest BCUT2D eigenvalue weighted by Crippen LogP contribution is -2.17. The highest BCUT2D eigenvalue weighted by atomic mass is 16.5. The van der Waals surface area contributed by atoms with Crippen molar-refractivity contribution in [3.63, 3.8) is 0 Å². The van der Waals surface area contributed by atoms with E-state index in [1.165, 1.54) is 5.57 Å². The molecule has 0 fully saturated rings. The summed E-state index contributed by atoms with van der Waals surface area (Å²) in [6, 6.07) is 16.5. The third kappa shape index (κ3) is 2.63. The summed E-state index contributed by atoms with van der Waals surface area (Å²) in [5, 5.41) is 0. The van der Waals surface area contributed by atoms with Crippen LogP contribution in [0, 0.1) is 0 Å². The molecular weight excluding hydrogens is 286 g/mol. The summed E-state index contributed by atoms with van der Waals surface area (Å²) in [7, 11) is 0. The molecule has 0 atom stereocenters. The molecular formula is C20H19NO2. The Hall–Kier alpha value is -2.55. The van der Waals surface area contributed by atoms with E-state index >= 15 is 0 Å². The quantitative estimate of drug-likeness (QED) is 0.837. The molecule has 2 aromatic rings. The Morgan fingerprint density at radius 2 is 1.78 bits per heavy atom. The molecule has 0 bridgehead atoms. The number of para-hydroxylation sites is 1. The predicted molar refractivity (Wildman–Crippen MR) is 92.0 cm³/mol. The number of rotatable bonds is 2. The van der Waals surface area contributed by atoms with Gasteiger partial charge in [0.2, 0.25) is 5.90 Å². The highest BCUT2D eigenvalue weighted by Gasteiger charge is 2.27. The Morgan fingerprint density at radius 1 is 0.957 bits per heavy atom. The Morgan fingerprint density at radius 3 is 2.61 bits per heavy atom. The minimum absolute atomic E-state index is 0.143. The summed E-state index contributed by atoms with van der Waals surface area (Å²) in [5.41, 5.74) is 4.37. The van der Waals surface area contributed by atoms with E-state index in [0.717, 1.165) is 28.3 Å². The number of hydrogen-bond acceptors (Lipinski definition) is 3. The largest absolute Gasteiger partial charge is 0.489 e. The third-order valence-corrected chi connectivity index (χ3v) is 4.09. The van der Waals surface area contributed by atoms with Gasteiger partial charge in [0.1, 0.15) is 19.0 Å². The minimum Gasteiger partial charge on any atom is -0.489 e. The van der Waals surface area contributed by atoms with Gasteiger partial charge in [0, 0.05) is 11.1 Å². The Kier molecular flexibility index (Phi) is 3.22. The first-order chi connectivity index (χ1) is 11.1. The molecule has 0 radical (unpaired) electrons. The van der Waals surface area contributed by atoms with Crippen molar-refractivity contribution in [3.8, 4) is 5.75 Å². The van der Waals surface area contributed by atoms with Gasteiger partial charge < -0.3 is 9.47 Å². The summed E-state index contributed by atoms with van der Waals surface area (Å²) in [5.74, 6) is 1.67. The van der Waals surface area contributed by atoms with Gasteiger partial charge in [-0.1, -0.05) is 30.3 Å². The highest BCUT2D eigenvalue weighted by Crippen LogP contribution is 2.34. The summed E-state index contributed by atoms with van der Waals surface area (Å²) >= 11 is 0. The standard InChI is InChI=1S/C20H19NO2/c1-20(2)13-23-19(21-20)15-7-5-6-14(12-15)16-10-11-22-18-9-4-3-8-17(16)18/h3-10,12H,11,13H2,1-2H3. The maximum absolute atomic E-state index is 5.77. The van der Waals surface area contributed by atoms with Gasteiger partial charge in [-0.2, -0.15) is 0 Å². The van der Waals surface area contributed by atoms with Crippen LogP contribution in [0.5, 0.6) is 5.75 Å². The van der Waals surface area contributed by atoms with Crippen LogP contribution >= 0.6 is 0 Å². The van der Waals surface area contributed by atoms with Crippen molar-refractivity contribution in [3.05, 3.63) is 71.3 Å². The normalized spacial score (nSPS) is 18.3. The molecule has 0 aliphatic carbocycles. The monoisotopic (exact) mass is 305 g/mol. The highest BCUT2D eigenvalue weighted by molar-refractivity contribution is 5.97. The van der Waals surface area contributed by atoms with Gasteiger partial charge in [-0.3, -0.25) is 0 Å². The maximum atomic E-state index is 5.77. The fourth-order valence-electron chi connectivity index (χ4n) is 2.97. The zero-order valence-corrected chi connectivity index (χ0v) is 13.4. The minimum atomic E-state index is -0.143. The van der Waals surface area contributed by atoms with E-state index in [4.69, 9.17) is 9.47 Å². The average Bonchev–Trinajstić information content (AvgIpc) is 2.94. The fraction of sp³-hybridized carbons (Fsp3) is 0.250. The second kappa shape index (κ2) is 5.27.